The van der Waals surface area contributed by atoms with Gasteiger partial charge in [-0.2, -0.15) is 10.5 Å². The fourth-order valence-corrected chi connectivity index (χ4v) is 8.08. The van der Waals surface area contributed by atoms with Gasteiger partial charge in [0.1, 0.15) is 12.1 Å². The number of fused-ring (bicyclic) bond motifs is 6. The van der Waals surface area contributed by atoms with Crippen LogP contribution in [0.1, 0.15) is 77.0 Å². The minimum atomic E-state index is 0.159. The summed E-state index contributed by atoms with van der Waals surface area (Å²) < 4.78 is 4.56. The second-order valence-electron chi connectivity index (χ2n) is 13.4. The van der Waals surface area contributed by atoms with Crippen LogP contribution in [0.3, 0.4) is 0 Å². The van der Waals surface area contributed by atoms with Gasteiger partial charge in [0.15, 0.2) is 0 Å². The highest BCUT2D eigenvalue weighted by atomic mass is 15.0. The molecule has 5 aromatic carbocycles. The molecule has 7 aromatic rings. The Labute approximate surface area is 269 Å². The molecule has 0 N–H and O–H groups in total. The van der Waals surface area contributed by atoms with E-state index in [0.29, 0.717) is 11.1 Å². The maximum atomic E-state index is 11.0. The first-order valence-electron chi connectivity index (χ1n) is 16.4. The summed E-state index contributed by atoms with van der Waals surface area (Å²) in [6, 6.07) is 33.8. The van der Waals surface area contributed by atoms with Crippen LogP contribution in [0.4, 0.5) is 0 Å². The third-order valence-electron chi connectivity index (χ3n) is 10.2. The largest absolute Gasteiger partial charge is 0.308 e. The highest BCUT2D eigenvalue weighted by Crippen LogP contribution is 2.44. The van der Waals surface area contributed by atoms with Crippen molar-refractivity contribution in [1.29, 1.82) is 10.5 Å². The van der Waals surface area contributed by atoms with E-state index in [2.05, 4.69) is 128 Å². The van der Waals surface area contributed by atoms with Gasteiger partial charge in [-0.1, -0.05) is 65.8 Å². The number of nitriles is 2. The van der Waals surface area contributed by atoms with E-state index in [1.807, 2.05) is 0 Å². The predicted molar refractivity (Wildman–Crippen MR) is 189 cm³/mol. The van der Waals surface area contributed by atoms with Gasteiger partial charge in [-0.3, -0.25) is 0 Å². The first kappa shape index (κ1) is 28.2. The fourth-order valence-electron chi connectivity index (χ4n) is 8.08. The van der Waals surface area contributed by atoms with Crippen molar-refractivity contribution in [1.82, 2.24) is 9.13 Å². The van der Waals surface area contributed by atoms with E-state index in [9.17, 15) is 10.5 Å². The molecule has 224 valence electrons. The highest BCUT2D eigenvalue weighted by molar-refractivity contribution is 6.11. The molecule has 4 heteroatoms. The van der Waals surface area contributed by atoms with Crippen LogP contribution in [-0.2, 0) is 0 Å². The van der Waals surface area contributed by atoms with Crippen molar-refractivity contribution in [2.24, 2.45) is 0 Å². The quantitative estimate of drug-likeness (QED) is 0.204. The van der Waals surface area contributed by atoms with Gasteiger partial charge in [-0.05, 0) is 107 Å². The lowest BCUT2D eigenvalue weighted by Crippen LogP contribution is -2.14. The Balaban J connectivity index is 1.58. The van der Waals surface area contributed by atoms with E-state index in [1.165, 1.54) is 50.2 Å². The first-order valence-corrected chi connectivity index (χ1v) is 16.4. The third-order valence-corrected chi connectivity index (χ3v) is 10.2. The van der Waals surface area contributed by atoms with Gasteiger partial charge in [-0.15, -0.1) is 0 Å². The second-order valence-corrected chi connectivity index (χ2v) is 13.4. The molecule has 0 unspecified atom stereocenters. The first-order chi connectivity index (χ1) is 22.4. The SMILES string of the molecule is Cc1ccc2c(c1)c1cc(C)ccc1n2-c1cc(-n2c3ccc(C)cc3c3cc(C)ccc32)c(C#N)c(C2CCCCC2)c1C#N. The van der Waals surface area contributed by atoms with E-state index >= 15 is 0 Å². The van der Waals surface area contributed by atoms with Crippen molar-refractivity contribution in [3.63, 3.8) is 0 Å². The van der Waals surface area contributed by atoms with Crippen LogP contribution in [0.15, 0.2) is 78.9 Å². The van der Waals surface area contributed by atoms with E-state index < -0.39 is 0 Å². The molecule has 2 aromatic heterocycles. The summed E-state index contributed by atoms with van der Waals surface area (Å²) in [5.74, 6) is 0.159. The molecule has 0 atom stereocenters. The Morgan fingerprint density at radius 2 is 0.848 bits per heavy atom. The summed E-state index contributed by atoms with van der Waals surface area (Å²) in [4.78, 5) is 0. The summed E-state index contributed by atoms with van der Waals surface area (Å²) >= 11 is 0. The number of hydrogen-bond donors (Lipinski definition) is 0. The Kier molecular flexibility index (Phi) is 6.52. The van der Waals surface area contributed by atoms with E-state index in [-0.39, 0.29) is 5.92 Å². The maximum Gasteiger partial charge on any atom is 0.102 e. The van der Waals surface area contributed by atoms with Gasteiger partial charge in [0, 0.05) is 21.5 Å². The normalized spacial score (nSPS) is 14.0. The van der Waals surface area contributed by atoms with Crippen molar-refractivity contribution >= 4 is 43.6 Å². The smallest absolute Gasteiger partial charge is 0.102 e. The molecule has 1 saturated carbocycles. The molecule has 8 rings (SSSR count). The van der Waals surface area contributed by atoms with Crippen LogP contribution >= 0.6 is 0 Å². The van der Waals surface area contributed by atoms with Gasteiger partial charge in [0.2, 0.25) is 0 Å². The monoisotopic (exact) mass is 596 g/mol. The standard InChI is InChI=1S/C42H36N4/c1-25-10-14-36-30(18-25)31-19-26(2)11-15-37(31)45(36)40-22-41(35(24-44)42(34(40)23-43)29-8-6-5-7-9-29)46-38-16-12-27(3)20-32(38)33-21-28(4)13-17-39(33)46/h10-22,29H,5-9H2,1-4H3. The van der Waals surface area contributed by atoms with Crippen molar-refractivity contribution in [3.8, 4) is 23.5 Å². The summed E-state index contributed by atoms with van der Waals surface area (Å²) in [6.07, 6.45) is 5.40. The molecular weight excluding hydrogens is 560 g/mol. The molecule has 4 nitrogen and oxygen atoms in total. The Morgan fingerprint density at radius 3 is 1.17 bits per heavy atom. The average Bonchev–Trinajstić information content (AvgIpc) is 3.55. The zero-order chi connectivity index (χ0) is 31.7. The molecule has 0 saturated heterocycles. The third kappa shape index (κ3) is 4.18. The number of rotatable bonds is 3. The average molecular weight is 597 g/mol. The van der Waals surface area contributed by atoms with Crippen LogP contribution < -0.4 is 0 Å². The summed E-state index contributed by atoms with van der Waals surface area (Å²) in [5, 5.41) is 26.8. The van der Waals surface area contributed by atoms with E-state index in [0.717, 1.165) is 64.7 Å². The van der Waals surface area contributed by atoms with Crippen molar-refractivity contribution in [2.75, 3.05) is 0 Å². The minimum absolute atomic E-state index is 0.159. The molecule has 0 aliphatic heterocycles. The Morgan fingerprint density at radius 1 is 0.500 bits per heavy atom. The zero-order valence-electron chi connectivity index (χ0n) is 26.9. The lowest BCUT2D eigenvalue weighted by molar-refractivity contribution is 0.442. The number of aryl methyl sites for hydroxylation is 4. The molecule has 1 fully saturated rings. The van der Waals surface area contributed by atoms with E-state index in [1.54, 1.807) is 0 Å². The number of aromatic nitrogens is 2. The molecule has 46 heavy (non-hydrogen) atoms. The van der Waals surface area contributed by atoms with E-state index in [4.69, 9.17) is 0 Å². The molecular formula is C42H36N4. The van der Waals surface area contributed by atoms with Crippen molar-refractivity contribution < 1.29 is 0 Å². The van der Waals surface area contributed by atoms with Gasteiger partial charge in [-0.25, -0.2) is 0 Å². The number of nitrogens with zero attached hydrogens (tertiary/aromatic N) is 4. The number of benzene rings is 5. The Hall–Kier alpha value is -5.32. The van der Waals surface area contributed by atoms with Gasteiger partial charge < -0.3 is 9.13 Å². The number of hydrogen-bond acceptors (Lipinski definition) is 2. The van der Waals surface area contributed by atoms with Gasteiger partial charge >= 0.3 is 0 Å². The lowest BCUT2D eigenvalue weighted by Gasteiger charge is -2.27. The zero-order valence-corrected chi connectivity index (χ0v) is 26.9. The van der Waals surface area contributed by atoms with Crippen molar-refractivity contribution in [3.05, 3.63) is 118 Å². The predicted octanol–water partition coefficient (Wildman–Crippen LogP) is 10.9. The molecule has 0 bridgehead atoms. The minimum Gasteiger partial charge on any atom is -0.308 e. The van der Waals surface area contributed by atoms with Crippen LogP contribution in [-0.4, -0.2) is 9.13 Å². The molecule has 0 spiro atoms. The van der Waals surface area contributed by atoms with Gasteiger partial charge in [0.05, 0.1) is 44.6 Å². The summed E-state index contributed by atoms with van der Waals surface area (Å²) in [7, 11) is 0. The van der Waals surface area contributed by atoms with Gasteiger partial charge in [0.25, 0.3) is 0 Å². The Bertz CT molecular complexity index is 2190. The molecule has 1 aliphatic rings. The highest BCUT2D eigenvalue weighted by Gasteiger charge is 2.30. The van der Waals surface area contributed by atoms with Crippen LogP contribution in [0.5, 0.6) is 0 Å². The topological polar surface area (TPSA) is 57.4 Å². The maximum absolute atomic E-state index is 11.0. The second kappa shape index (κ2) is 10.6. The van der Waals surface area contributed by atoms with Crippen LogP contribution in [0.2, 0.25) is 0 Å². The molecule has 2 heterocycles. The molecule has 0 amide bonds. The van der Waals surface area contributed by atoms with Crippen LogP contribution in [0, 0.1) is 50.4 Å². The van der Waals surface area contributed by atoms with Crippen LogP contribution in [0.25, 0.3) is 55.0 Å². The summed E-state index contributed by atoms with van der Waals surface area (Å²) in [5.41, 5.74) is 12.9. The summed E-state index contributed by atoms with van der Waals surface area (Å²) in [6.45, 7) is 8.52. The fraction of sp³-hybridized carbons (Fsp3) is 0.238. The van der Waals surface area contributed by atoms with Crippen molar-refractivity contribution in [2.45, 2.75) is 65.7 Å². The lowest BCUT2D eigenvalue weighted by atomic mass is 9.79. The molecule has 0 radical (unpaired) electrons. The molecule has 1 aliphatic carbocycles.